The van der Waals surface area contributed by atoms with Gasteiger partial charge in [0.15, 0.2) is 0 Å². The molecule has 0 saturated carbocycles. The highest BCUT2D eigenvalue weighted by molar-refractivity contribution is 7.89. The summed E-state index contributed by atoms with van der Waals surface area (Å²) >= 11 is 0. The van der Waals surface area contributed by atoms with Crippen molar-refractivity contribution in [3.8, 4) is 5.75 Å². The molecular formula is C14H21ClN2O3S. The van der Waals surface area contributed by atoms with E-state index in [1.165, 1.54) is 0 Å². The van der Waals surface area contributed by atoms with Crippen LogP contribution in [-0.2, 0) is 16.4 Å². The van der Waals surface area contributed by atoms with Crippen LogP contribution in [0.3, 0.4) is 0 Å². The number of sulfonamides is 1. The molecule has 5 nitrogen and oxygen atoms in total. The second-order valence-corrected chi connectivity index (χ2v) is 7.18. The summed E-state index contributed by atoms with van der Waals surface area (Å²) in [5.74, 6) is 1.40. The molecule has 2 aliphatic heterocycles. The molecule has 2 N–H and O–H groups in total. The molecule has 3 rings (SSSR count). The van der Waals surface area contributed by atoms with Crippen LogP contribution in [-0.4, -0.2) is 34.7 Å². The Morgan fingerprint density at radius 1 is 1.38 bits per heavy atom. The van der Waals surface area contributed by atoms with E-state index in [0.29, 0.717) is 24.0 Å². The average Bonchev–Trinajstić information content (AvgIpc) is 3.08. The molecule has 1 saturated heterocycles. The third-order valence-electron chi connectivity index (χ3n) is 3.98. The summed E-state index contributed by atoms with van der Waals surface area (Å²) < 4.78 is 32.6. The minimum atomic E-state index is -3.40. The molecule has 0 radical (unpaired) electrons. The smallest absolute Gasteiger partial charge is 0.240 e. The maximum Gasteiger partial charge on any atom is 0.240 e. The Morgan fingerprint density at radius 2 is 2.24 bits per heavy atom. The van der Waals surface area contributed by atoms with Gasteiger partial charge in [0.1, 0.15) is 5.75 Å². The van der Waals surface area contributed by atoms with Gasteiger partial charge in [0.05, 0.1) is 11.5 Å². The first-order chi connectivity index (χ1) is 9.65. The summed E-state index contributed by atoms with van der Waals surface area (Å²) in [6.45, 7) is 3.18. The highest BCUT2D eigenvalue weighted by atomic mass is 35.5. The molecule has 1 atom stereocenters. The van der Waals surface area contributed by atoms with E-state index in [9.17, 15) is 8.42 Å². The Labute approximate surface area is 131 Å². The number of ether oxygens (including phenoxy) is 1. The Kier molecular flexibility index (Phi) is 5.48. The Balaban J connectivity index is 0.00000161. The van der Waals surface area contributed by atoms with Crippen LogP contribution in [0.4, 0.5) is 0 Å². The SMILES string of the molecule is Cl.O=S(=O)(NCCC1CCNC1)c1ccc2c(c1)CCO2. The zero-order chi connectivity index (χ0) is 14.0. The van der Waals surface area contributed by atoms with Crippen LogP contribution in [0.1, 0.15) is 18.4 Å². The van der Waals surface area contributed by atoms with Gasteiger partial charge in [-0.25, -0.2) is 13.1 Å². The zero-order valence-electron chi connectivity index (χ0n) is 11.8. The van der Waals surface area contributed by atoms with E-state index in [1.807, 2.05) is 0 Å². The Hall–Kier alpha value is -0.820. The molecule has 1 aromatic carbocycles. The van der Waals surface area contributed by atoms with Crippen LogP contribution in [0.25, 0.3) is 0 Å². The number of halogens is 1. The lowest BCUT2D eigenvalue weighted by Gasteiger charge is -2.10. The van der Waals surface area contributed by atoms with E-state index >= 15 is 0 Å². The third kappa shape index (κ3) is 3.88. The first kappa shape index (κ1) is 16.5. The van der Waals surface area contributed by atoms with E-state index in [0.717, 1.165) is 43.7 Å². The van der Waals surface area contributed by atoms with Gasteiger partial charge in [-0.05, 0) is 55.6 Å². The van der Waals surface area contributed by atoms with Gasteiger partial charge in [0.2, 0.25) is 10.0 Å². The third-order valence-corrected chi connectivity index (χ3v) is 5.44. The van der Waals surface area contributed by atoms with Crippen LogP contribution in [0.2, 0.25) is 0 Å². The second kappa shape index (κ2) is 6.96. The van der Waals surface area contributed by atoms with Gasteiger partial charge < -0.3 is 10.1 Å². The van der Waals surface area contributed by atoms with Crippen molar-refractivity contribution in [3.05, 3.63) is 23.8 Å². The molecule has 7 heteroatoms. The lowest BCUT2D eigenvalue weighted by molar-refractivity contribution is 0.356. The number of hydrogen-bond donors (Lipinski definition) is 2. The summed E-state index contributed by atoms with van der Waals surface area (Å²) in [6.07, 6.45) is 2.81. The molecule has 118 valence electrons. The Bertz CT molecular complexity index is 586. The topological polar surface area (TPSA) is 67.4 Å². The molecule has 21 heavy (non-hydrogen) atoms. The minimum Gasteiger partial charge on any atom is -0.493 e. The van der Waals surface area contributed by atoms with Crippen molar-refractivity contribution in [3.63, 3.8) is 0 Å². The van der Waals surface area contributed by atoms with Gasteiger partial charge in [-0.3, -0.25) is 0 Å². The predicted molar refractivity (Wildman–Crippen MR) is 83.7 cm³/mol. The molecule has 0 spiro atoms. The Morgan fingerprint density at radius 3 is 3.00 bits per heavy atom. The van der Waals surface area contributed by atoms with E-state index in [1.54, 1.807) is 18.2 Å². The van der Waals surface area contributed by atoms with Crippen LogP contribution in [0.15, 0.2) is 23.1 Å². The fourth-order valence-corrected chi connectivity index (χ4v) is 3.87. The van der Waals surface area contributed by atoms with E-state index < -0.39 is 10.0 Å². The summed E-state index contributed by atoms with van der Waals surface area (Å²) in [4.78, 5) is 0.339. The van der Waals surface area contributed by atoms with Crippen LogP contribution in [0, 0.1) is 5.92 Å². The van der Waals surface area contributed by atoms with Gasteiger partial charge in [0, 0.05) is 13.0 Å². The first-order valence-electron chi connectivity index (χ1n) is 7.11. The van der Waals surface area contributed by atoms with Crippen molar-refractivity contribution >= 4 is 22.4 Å². The van der Waals surface area contributed by atoms with Gasteiger partial charge >= 0.3 is 0 Å². The number of benzene rings is 1. The van der Waals surface area contributed by atoms with Gasteiger partial charge in [-0.2, -0.15) is 0 Å². The molecule has 0 aromatic heterocycles. The molecule has 0 aliphatic carbocycles. The molecular weight excluding hydrogens is 312 g/mol. The second-order valence-electron chi connectivity index (χ2n) is 5.41. The average molecular weight is 333 g/mol. The fourth-order valence-electron chi connectivity index (χ4n) is 2.77. The van der Waals surface area contributed by atoms with Crippen molar-refractivity contribution in [2.45, 2.75) is 24.2 Å². The molecule has 1 unspecified atom stereocenters. The number of nitrogens with one attached hydrogen (secondary N) is 2. The lowest BCUT2D eigenvalue weighted by atomic mass is 10.1. The van der Waals surface area contributed by atoms with Crippen LogP contribution < -0.4 is 14.8 Å². The molecule has 2 heterocycles. The van der Waals surface area contributed by atoms with Gasteiger partial charge in [-0.15, -0.1) is 12.4 Å². The molecule has 1 fully saturated rings. The molecule has 0 amide bonds. The highest BCUT2D eigenvalue weighted by Gasteiger charge is 2.20. The number of rotatable bonds is 5. The molecule has 1 aromatic rings. The van der Waals surface area contributed by atoms with Crippen molar-refractivity contribution in [1.82, 2.24) is 10.0 Å². The van der Waals surface area contributed by atoms with Gasteiger partial charge in [-0.1, -0.05) is 0 Å². The van der Waals surface area contributed by atoms with Crippen LogP contribution in [0.5, 0.6) is 5.75 Å². The number of hydrogen-bond acceptors (Lipinski definition) is 4. The van der Waals surface area contributed by atoms with Crippen molar-refractivity contribution in [2.75, 3.05) is 26.2 Å². The normalized spacial score (nSPS) is 20.7. The maximum atomic E-state index is 12.2. The van der Waals surface area contributed by atoms with E-state index in [2.05, 4.69) is 10.0 Å². The number of fused-ring (bicyclic) bond motifs is 1. The van der Waals surface area contributed by atoms with E-state index in [4.69, 9.17) is 4.74 Å². The highest BCUT2D eigenvalue weighted by Crippen LogP contribution is 2.27. The zero-order valence-corrected chi connectivity index (χ0v) is 13.4. The largest absolute Gasteiger partial charge is 0.493 e. The maximum absolute atomic E-state index is 12.2. The summed E-state index contributed by atoms with van der Waals surface area (Å²) in [6, 6.07) is 5.09. The molecule has 2 aliphatic rings. The van der Waals surface area contributed by atoms with Crippen molar-refractivity contribution in [2.24, 2.45) is 5.92 Å². The predicted octanol–water partition coefficient (Wildman–Crippen LogP) is 1.32. The summed E-state index contributed by atoms with van der Waals surface area (Å²) in [5, 5.41) is 3.29. The van der Waals surface area contributed by atoms with E-state index in [-0.39, 0.29) is 12.4 Å². The monoisotopic (exact) mass is 332 g/mol. The standard InChI is InChI=1S/C14H20N2O3S.ClH/c17-20(18,16-7-4-11-3-6-15-10-11)13-1-2-14-12(9-13)5-8-19-14;/h1-2,9,11,15-16H,3-8,10H2;1H. The quantitative estimate of drug-likeness (QED) is 0.853. The molecule has 0 bridgehead atoms. The lowest BCUT2D eigenvalue weighted by Crippen LogP contribution is -2.26. The first-order valence-corrected chi connectivity index (χ1v) is 8.59. The minimum absolute atomic E-state index is 0. The fraction of sp³-hybridized carbons (Fsp3) is 0.571. The van der Waals surface area contributed by atoms with Crippen molar-refractivity contribution < 1.29 is 13.2 Å². The van der Waals surface area contributed by atoms with Crippen LogP contribution >= 0.6 is 12.4 Å². The van der Waals surface area contributed by atoms with Crippen molar-refractivity contribution in [1.29, 1.82) is 0 Å². The summed E-state index contributed by atoms with van der Waals surface area (Å²) in [7, 11) is -3.40. The summed E-state index contributed by atoms with van der Waals surface area (Å²) in [5.41, 5.74) is 0.980. The van der Waals surface area contributed by atoms with Gasteiger partial charge in [0.25, 0.3) is 0 Å².